The van der Waals surface area contributed by atoms with Gasteiger partial charge in [-0.25, -0.2) is 13.1 Å². The Labute approximate surface area is 152 Å². The summed E-state index contributed by atoms with van der Waals surface area (Å²) in [5.74, 6) is -0.445. The number of rotatable bonds is 6. The summed E-state index contributed by atoms with van der Waals surface area (Å²) in [7, 11) is 0.193. The number of ketones is 1. The van der Waals surface area contributed by atoms with Crippen LogP contribution in [0.1, 0.15) is 23.8 Å². The molecule has 0 saturated carbocycles. The van der Waals surface area contributed by atoms with Gasteiger partial charge in [-0.3, -0.25) is 9.59 Å². The lowest BCUT2D eigenvalue weighted by Gasteiger charge is -2.11. The molecule has 0 fully saturated rings. The Bertz CT molecular complexity index is 1020. The fourth-order valence-electron chi connectivity index (χ4n) is 2.34. The molecule has 0 aliphatic rings. The molecule has 1 heterocycles. The Morgan fingerprint density at radius 3 is 2.54 bits per heavy atom. The highest BCUT2D eigenvalue weighted by atomic mass is 32.2. The van der Waals surface area contributed by atoms with Crippen LogP contribution in [0.3, 0.4) is 0 Å². The van der Waals surface area contributed by atoms with E-state index in [9.17, 15) is 18.0 Å². The van der Waals surface area contributed by atoms with Crippen LogP contribution >= 0.6 is 0 Å². The number of carbonyl (C=O) groups excluding carboxylic acids is 1. The van der Waals surface area contributed by atoms with Gasteiger partial charge in [0.25, 0.3) is 0 Å². The lowest BCUT2D eigenvalue weighted by atomic mass is 10.1. The van der Waals surface area contributed by atoms with E-state index in [-0.39, 0.29) is 10.6 Å². The molecule has 0 amide bonds. The molecule has 2 rings (SSSR count). The molecule has 1 aromatic carbocycles. The number of sulfone groups is 1. The lowest BCUT2D eigenvalue weighted by molar-refractivity contribution is 0.102. The second kappa shape index (κ2) is 7.65. The highest BCUT2D eigenvalue weighted by molar-refractivity contribution is 7.90. The first-order valence-corrected chi connectivity index (χ1v) is 9.85. The van der Waals surface area contributed by atoms with Crippen molar-refractivity contribution >= 4 is 15.6 Å². The van der Waals surface area contributed by atoms with Crippen LogP contribution in [0.2, 0.25) is 0 Å². The number of carbonyl (C=O) groups is 1. The predicted octanol–water partition coefficient (Wildman–Crippen LogP) is 1.67. The van der Waals surface area contributed by atoms with Crippen LogP contribution in [-0.2, 0) is 9.84 Å². The standard InChI is InChI=1S/C18H21N3O4S/c1-5-13(12-20(2)3)18(23)17-16(22)9-10-21(19-17)14-7-6-8-15(11-14)26(4,24)25/h6-12H,5H2,1-4H3/b13-12+. The molecule has 0 bridgehead atoms. The fourth-order valence-corrected chi connectivity index (χ4v) is 3.00. The van der Waals surface area contributed by atoms with Gasteiger partial charge in [0, 0.05) is 44.4 Å². The minimum absolute atomic E-state index is 0.130. The summed E-state index contributed by atoms with van der Waals surface area (Å²) in [5, 5.41) is 4.14. The van der Waals surface area contributed by atoms with Gasteiger partial charge in [0.15, 0.2) is 15.5 Å². The topological polar surface area (TPSA) is 89.3 Å². The second-order valence-electron chi connectivity index (χ2n) is 6.04. The van der Waals surface area contributed by atoms with Crippen molar-refractivity contribution in [2.24, 2.45) is 0 Å². The molecule has 26 heavy (non-hydrogen) atoms. The summed E-state index contributed by atoms with van der Waals surface area (Å²) in [6, 6.07) is 7.39. The van der Waals surface area contributed by atoms with E-state index in [0.29, 0.717) is 17.7 Å². The molecular formula is C18H21N3O4S. The zero-order valence-corrected chi connectivity index (χ0v) is 15.9. The van der Waals surface area contributed by atoms with Crippen LogP contribution in [0.5, 0.6) is 0 Å². The van der Waals surface area contributed by atoms with E-state index in [0.717, 1.165) is 6.26 Å². The molecule has 1 aromatic heterocycles. The third-order valence-corrected chi connectivity index (χ3v) is 4.73. The van der Waals surface area contributed by atoms with Crippen molar-refractivity contribution in [3.05, 3.63) is 64.2 Å². The van der Waals surface area contributed by atoms with Gasteiger partial charge in [-0.2, -0.15) is 5.10 Å². The molecule has 138 valence electrons. The molecule has 0 radical (unpaired) electrons. The van der Waals surface area contributed by atoms with E-state index >= 15 is 0 Å². The largest absolute Gasteiger partial charge is 0.383 e. The Morgan fingerprint density at radius 2 is 1.96 bits per heavy atom. The minimum Gasteiger partial charge on any atom is -0.383 e. The predicted molar refractivity (Wildman–Crippen MR) is 99.3 cm³/mol. The first-order valence-electron chi connectivity index (χ1n) is 7.95. The van der Waals surface area contributed by atoms with Crippen molar-refractivity contribution in [2.75, 3.05) is 20.4 Å². The molecule has 0 atom stereocenters. The van der Waals surface area contributed by atoms with Gasteiger partial charge in [0.05, 0.1) is 10.6 Å². The van der Waals surface area contributed by atoms with Crippen LogP contribution in [-0.4, -0.2) is 49.2 Å². The summed E-state index contributed by atoms with van der Waals surface area (Å²) < 4.78 is 24.8. The second-order valence-corrected chi connectivity index (χ2v) is 8.06. The molecule has 0 aliphatic carbocycles. The number of benzene rings is 1. The third-order valence-electron chi connectivity index (χ3n) is 3.62. The van der Waals surface area contributed by atoms with Gasteiger partial charge in [-0.15, -0.1) is 0 Å². The van der Waals surface area contributed by atoms with E-state index in [1.54, 1.807) is 37.3 Å². The lowest BCUT2D eigenvalue weighted by Crippen LogP contribution is -2.22. The third kappa shape index (κ3) is 4.45. The van der Waals surface area contributed by atoms with Gasteiger partial charge in [0.1, 0.15) is 0 Å². The Hall–Kier alpha value is -2.74. The summed E-state index contributed by atoms with van der Waals surface area (Å²) in [6.07, 6.45) is 4.63. The van der Waals surface area contributed by atoms with Crippen LogP contribution in [0, 0.1) is 0 Å². The molecule has 0 saturated heterocycles. The summed E-state index contributed by atoms with van der Waals surface area (Å²) in [5.41, 5.74) is 0.217. The first-order chi connectivity index (χ1) is 12.1. The zero-order valence-electron chi connectivity index (χ0n) is 15.1. The van der Waals surface area contributed by atoms with Gasteiger partial charge in [0.2, 0.25) is 11.2 Å². The van der Waals surface area contributed by atoms with Crippen molar-refractivity contribution in [3.63, 3.8) is 0 Å². The Kier molecular flexibility index (Phi) is 5.76. The molecule has 7 nitrogen and oxygen atoms in total. The van der Waals surface area contributed by atoms with Crippen LogP contribution < -0.4 is 5.43 Å². The van der Waals surface area contributed by atoms with Gasteiger partial charge in [-0.05, 0) is 24.6 Å². The quantitative estimate of drug-likeness (QED) is 0.564. The molecule has 0 N–H and O–H groups in total. The summed E-state index contributed by atoms with van der Waals surface area (Å²) in [4.78, 5) is 26.7. The monoisotopic (exact) mass is 375 g/mol. The van der Waals surface area contributed by atoms with E-state index < -0.39 is 21.0 Å². The first kappa shape index (κ1) is 19.6. The summed E-state index contributed by atoms with van der Waals surface area (Å²) in [6.45, 7) is 1.82. The van der Waals surface area contributed by atoms with Crippen molar-refractivity contribution in [1.82, 2.24) is 14.7 Å². The number of Topliss-reactive ketones (excluding diaryl/α,β-unsaturated/α-hetero) is 1. The number of hydrogen-bond donors (Lipinski definition) is 0. The molecule has 0 spiro atoms. The van der Waals surface area contributed by atoms with E-state index in [1.807, 2.05) is 6.92 Å². The number of nitrogens with zero attached hydrogens (tertiary/aromatic N) is 3. The minimum atomic E-state index is -3.38. The van der Waals surface area contributed by atoms with Crippen molar-refractivity contribution in [3.8, 4) is 5.69 Å². The smallest absolute Gasteiger partial charge is 0.214 e. The maximum Gasteiger partial charge on any atom is 0.214 e. The fraction of sp³-hybridized carbons (Fsp3) is 0.278. The highest BCUT2D eigenvalue weighted by Gasteiger charge is 2.18. The Balaban J connectivity index is 2.55. The number of hydrogen-bond acceptors (Lipinski definition) is 6. The van der Waals surface area contributed by atoms with Crippen molar-refractivity contribution < 1.29 is 13.2 Å². The molecule has 2 aromatic rings. The van der Waals surface area contributed by atoms with Gasteiger partial charge in [-0.1, -0.05) is 13.0 Å². The molecule has 0 unspecified atom stereocenters. The number of aromatic nitrogens is 2. The Morgan fingerprint density at radius 1 is 1.27 bits per heavy atom. The van der Waals surface area contributed by atoms with Gasteiger partial charge < -0.3 is 4.90 Å². The van der Waals surface area contributed by atoms with Crippen molar-refractivity contribution in [1.29, 1.82) is 0 Å². The van der Waals surface area contributed by atoms with Crippen LogP contribution in [0.4, 0.5) is 0 Å². The van der Waals surface area contributed by atoms with Crippen LogP contribution in [0.15, 0.2) is 58.0 Å². The SMILES string of the molecule is CC/C(=C\N(C)C)C(=O)c1nn(-c2cccc(S(C)(=O)=O)c2)ccc1=O. The maximum atomic E-state index is 12.7. The van der Waals surface area contributed by atoms with E-state index in [2.05, 4.69) is 5.10 Å². The van der Waals surface area contributed by atoms with E-state index in [4.69, 9.17) is 0 Å². The van der Waals surface area contributed by atoms with Crippen molar-refractivity contribution in [2.45, 2.75) is 18.2 Å². The normalized spacial score (nSPS) is 12.1. The average Bonchev–Trinajstić information content (AvgIpc) is 2.58. The van der Waals surface area contributed by atoms with E-state index in [1.165, 1.54) is 29.1 Å². The average molecular weight is 375 g/mol. The van der Waals surface area contributed by atoms with Crippen LogP contribution in [0.25, 0.3) is 5.69 Å². The molecule has 8 heteroatoms. The maximum absolute atomic E-state index is 12.7. The number of allylic oxidation sites excluding steroid dienone is 1. The molecule has 0 aliphatic heterocycles. The van der Waals surface area contributed by atoms with Gasteiger partial charge >= 0.3 is 0 Å². The molecular weight excluding hydrogens is 354 g/mol. The zero-order chi connectivity index (χ0) is 19.5. The highest BCUT2D eigenvalue weighted by Crippen LogP contribution is 2.14. The summed E-state index contributed by atoms with van der Waals surface area (Å²) >= 11 is 0.